The molecular weight excluding hydrogens is 913 g/mol. The molecule has 0 atom stereocenters. The summed E-state index contributed by atoms with van der Waals surface area (Å²) in [5.74, 6) is 1.70. The summed E-state index contributed by atoms with van der Waals surface area (Å²) in [6, 6.07) is 95.2. The largest absolute Gasteiger partial charge is 0.309 e. The number of nitrogens with zero attached hydrogens (tertiary/aromatic N) is 6. The van der Waals surface area contributed by atoms with Crippen molar-refractivity contribution in [1.29, 1.82) is 0 Å². The van der Waals surface area contributed by atoms with Crippen molar-refractivity contribution in [2.45, 2.75) is 0 Å². The van der Waals surface area contributed by atoms with E-state index in [0.29, 0.717) is 17.6 Å². The Kier molecular flexibility index (Phi) is 9.78. The molecule has 11 aromatic carbocycles. The lowest BCUT2D eigenvalue weighted by Crippen LogP contribution is -2.07. The maximum atomic E-state index is 5.53. The summed E-state index contributed by atoms with van der Waals surface area (Å²) in [4.78, 5) is 16.4. The molecule has 4 heterocycles. The lowest BCUT2D eigenvalue weighted by molar-refractivity contribution is 0.953. The molecule has 0 aliphatic rings. The monoisotopic (exact) mass is 956 g/mol. The van der Waals surface area contributed by atoms with Crippen molar-refractivity contribution in [3.8, 4) is 73.5 Å². The van der Waals surface area contributed by atoms with E-state index >= 15 is 0 Å². The van der Waals surface area contributed by atoms with Crippen LogP contribution < -0.4 is 0 Å². The summed E-state index contributed by atoms with van der Waals surface area (Å²) in [5, 5.41) is 6.87. The van der Waals surface area contributed by atoms with Crippen LogP contribution in [0, 0.1) is 0 Å². The minimum Gasteiger partial charge on any atom is -0.309 e. The summed E-state index contributed by atoms with van der Waals surface area (Å²) in [7, 11) is 0. The van der Waals surface area contributed by atoms with Crippen molar-refractivity contribution in [3.05, 3.63) is 267 Å². The van der Waals surface area contributed by atoms with Crippen LogP contribution in [0.1, 0.15) is 0 Å². The van der Waals surface area contributed by atoms with Crippen LogP contribution in [0.2, 0.25) is 0 Å². The third-order valence-electron chi connectivity index (χ3n) is 14.9. The van der Waals surface area contributed by atoms with Gasteiger partial charge in [0.25, 0.3) is 0 Å². The van der Waals surface area contributed by atoms with Gasteiger partial charge in [0.1, 0.15) is 0 Å². The highest BCUT2D eigenvalue weighted by molar-refractivity contribution is 6.27. The maximum Gasteiger partial charge on any atom is 0.238 e. The van der Waals surface area contributed by atoms with Crippen molar-refractivity contribution < 1.29 is 0 Å². The minimum absolute atomic E-state index is 0.530. The Morgan fingerprint density at radius 2 is 0.587 bits per heavy atom. The predicted molar refractivity (Wildman–Crippen MR) is 310 cm³/mol. The molecule has 0 bridgehead atoms. The van der Waals surface area contributed by atoms with Crippen LogP contribution in [0.15, 0.2) is 267 Å². The second kappa shape index (κ2) is 17.3. The molecule has 0 saturated carbocycles. The average Bonchev–Trinajstić information content (AvgIpc) is 4.19. The molecule has 0 amide bonds. The highest BCUT2D eigenvalue weighted by Crippen LogP contribution is 2.46. The van der Waals surface area contributed by atoms with Crippen molar-refractivity contribution in [3.63, 3.8) is 0 Å². The summed E-state index contributed by atoms with van der Waals surface area (Å²) < 4.78 is 7.23. The second-order valence-corrected chi connectivity index (χ2v) is 19.2. The highest BCUT2D eigenvalue weighted by atomic mass is 15.2. The van der Waals surface area contributed by atoms with Gasteiger partial charge in [0.2, 0.25) is 5.95 Å². The van der Waals surface area contributed by atoms with Gasteiger partial charge in [-0.05, 0) is 75.8 Å². The molecule has 0 saturated heterocycles. The van der Waals surface area contributed by atoms with Gasteiger partial charge in [0.05, 0.1) is 38.8 Å². The first kappa shape index (κ1) is 42.5. The van der Waals surface area contributed by atoms with Crippen LogP contribution in [0.5, 0.6) is 0 Å². The van der Waals surface area contributed by atoms with Gasteiger partial charge in [-0.1, -0.05) is 224 Å². The lowest BCUT2D eigenvalue weighted by atomic mass is 10.0. The van der Waals surface area contributed by atoms with Gasteiger partial charge in [-0.3, -0.25) is 4.57 Å². The molecule has 0 aliphatic heterocycles. The molecular formula is C69H44N6. The molecule has 15 aromatic rings. The van der Waals surface area contributed by atoms with Crippen molar-refractivity contribution in [1.82, 2.24) is 28.7 Å². The van der Waals surface area contributed by atoms with Gasteiger partial charge in [-0.25, -0.2) is 4.98 Å². The fraction of sp³-hybridized carbons (Fsp3) is 0. The van der Waals surface area contributed by atoms with E-state index in [1.165, 1.54) is 16.3 Å². The highest BCUT2D eigenvalue weighted by Gasteiger charge is 2.27. The van der Waals surface area contributed by atoms with Crippen LogP contribution in [-0.4, -0.2) is 28.7 Å². The van der Waals surface area contributed by atoms with E-state index in [1.807, 2.05) is 12.1 Å². The number of fused-ring (bicyclic) bond motifs is 10. The SMILES string of the molecule is c1ccc(-c2ccc(-c3nc(-c4ccc(-c5ccccc5)cc4)nc(-n4c5ccccc5c5cc(-n6c7ccccc7c7ccccc76)c6c7ccccc7n(-c7ccc(-c8ccccc8)cc7)c6c54)n3)cc2)cc1. The van der Waals surface area contributed by atoms with E-state index in [9.17, 15) is 0 Å². The molecule has 4 aromatic heterocycles. The number of aromatic nitrogens is 6. The van der Waals surface area contributed by atoms with E-state index in [1.54, 1.807) is 0 Å². The second-order valence-electron chi connectivity index (χ2n) is 19.2. The van der Waals surface area contributed by atoms with Gasteiger partial charge in [0, 0.05) is 49.1 Å². The zero-order valence-electron chi connectivity index (χ0n) is 40.6. The topological polar surface area (TPSA) is 53.5 Å². The zero-order valence-corrected chi connectivity index (χ0v) is 40.6. The average molecular weight is 957 g/mol. The van der Waals surface area contributed by atoms with Gasteiger partial charge in [-0.2, -0.15) is 9.97 Å². The quantitative estimate of drug-likeness (QED) is 0.152. The standard InChI is InChI=1S/C69H44N6/c1-4-18-45(19-5-1)48-32-36-51(37-33-48)67-70-68(52-38-34-49(35-39-52)46-20-6-2-7-21-46)72-69(71-67)75-61-30-16-12-26-56(61)58-44-63(74-59-28-14-10-24-54(59)55-25-11-15-29-60(55)74)64-57-27-13-17-31-62(57)73(66(64)65(58)75)53-42-40-50(41-43-53)47-22-8-3-9-23-47/h1-44H. The molecule has 75 heavy (non-hydrogen) atoms. The number of rotatable bonds is 8. The Balaban J connectivity index is 1.06. The third kappa shape index (κ3) is 6.92. The first-order chi connectivity index (χ1) is 37.2. The van der Waals surface area contributed by atoms with E-state index in [0.717, 1.165) is 105 Å². The summed E-state index contributed by atoms with van der Waals surface area (Å²) in [5.41, 5.74) is 17.3. The van der Waals surface area contributed by atoms with Crippen molar-refractivity contribution in [2.24, 2.45) is 0 Å². The van der Waals surface area contributed by atoms with Gasteiger partial charge < -0.3 is 9.13 Å². The van der Waals surface area contributed by atoms with Crippen LogP contribution in [-0.2, 0) is 0 Å². The van der Waals surface area contributed by atoms with Gasteiger partial charge in [-0.15, -0.1) is 0 Å². The first-order valence-corrected chi connectivity index (χ1v) is 25.4. The van der Waals surface area contributed by atoms with E-state index in [2.05, 4.69) is 268 Å². The number of benzene rings is 11. The third-order valence-corrected chi connectivity index (χ3v) is 14.9. The fourth-order valence-corrected chi connectivity index (χ4v) is 11.5. The van der Waals surface area contributed by atoms with Crippen LogP contribution in [0.4, 0.5) is 0 Å². The molecule has 0 unspecified atom stereocenters. The van der Waals surface area contributed by atoms with Crippen molar-refractivity contribution in [2.75, 3.05) is 0 Å². The molecule has 0 spiro atoms. The first-order valence-electron chi connectivity index (χ1n) is 25.4. The van der Waals surface area contributed by atoms with Crippen molar-refractivity contribution >= 4 is 65.4 Å². The van der Waals surface area contributed by atoms with Crippen LogP contribution in [0.3, 0.4) is 0 Å². The molecule has 6 heteroatoms. The number of hydrogen-bond donors (Lipinski definition) is 0. The predicted octanol–water partition coefficient (Wildman–Crippen LogP) is 17.5. The Morgan fingerprint density at radius 1 is 0.240 bits per heavy atom. The summed E-state index contributed by atoms with van der Waals surface area (Å²) >= 11 is 0. The normalized spacial score (nSPS) is 11.7. The Labute approximate surface area is 432 Å². The molecule has 0 aliphatic carbocycles. The Morgan fingerprint density at radius 3 is 1.05 bits per heavy atom. The number of para-hydroxylation sites is 4. The molecule has 6 nitrogen and oxygen atoms in total. The zero-order chi connectivity index (χ0) is 49.4. The van der Waals surface area contributed by atoms with E-state index in [-0.39, 0.29) is 0 Å². The lowest BCUT2D eigenvalue weighted by Gasteiger charge is -2.16. The molecule has 350 valence electrons. The Bertz CT molecular complexity index is 4490. The summed E-state index contributed by atoms with van der Waals surface area (Å²) in [6.45, 7) is 0. The number of hydrogen-bond acceptors (Lipinski definition) is 3. The smallest absolute Gasteiger partial charge is 0.238 e. The van der Waals surface area contributed by atoms with Gasteiger partial charge >= 0.3 is 0 Å². The Hall–Kier alpha value is -10.2. The molecule has 0 N–H and O–H groups in total. The molecule has 0 radical (unpaired) electrons. The minimum atomic E-state index is 0.530. The maximum absolute atomic E-state index is 5.53. The van der Waals surface area contributed by atoms with E-state index < -0.39 is 0 Å². The molecule has 0 fully saturated rings. The molecule has 15 rings (SSSR count). The van der Waals surface area contributed by atoms with Crippen LogP contribution >= 0.6 is 0 Å². The van der Waals surface area contributed by atoms with Crippen LogP contribution in [0.25, 0.3) is 139 Å². The fourth-order valence-electron chi connectivity index (χ4n) is 11.5. The summed E-state index contributed by atoms with van der Waals surface area (Å²) in [6.07, 6.45) is 0. The van der Waals surface area contributed by atoms with E-state index in [4.69, 9.17) is 15.0 Å². The van der Waals surface area contributed by atoms with Gasteiger partial charge in [0.15, 0.2) is 11.6 Å².